The summed E-state index contributed by atoms with van der Waals surface area (Å²) in [5.41, 5.74) is 3.98. The largest absolute Gasteiger partial charge is 0.496 e. The highest BCUT2D eigenvalue weighted by molar-refractivity contribution is 6.31. The summed E-state index contributed by atoms with van der Waals surface area (Å²) in [5.74, 6) is -0.401. The molecule has 0 radical (unpaired) electrons. The van der Waals surface area contributed by atoms with Crippen molar-refractivity contribution in [2.45, 2.75) is 13.8 Å². The third-order valence-electron chi connectivity index (χ3n) is 3.92. The number of nitrogens with zero attached hydrogens (tertiary/aromatic N) is 1. The molecule has 0 amide bonds. The van der Waals surface area contributed by atoms with Crippen LogP contribution in [0.25, 0.3) is 22.2 Å². The van der Waals surface area contributed by atoms with E-state index in [4.69, 9.17) is 16.3 Å². The van der Waals surface area contributed by atoms with Crippen LogP contribution in [0.15, 0.2) is 36.4 Å². The SMILES string of the molecule is COc1ccc(Cl)cc1-c1cc(C(=O)O)c2cc(C)cc(C)c2n1. The molecule has 2 aromatic carbocycles. The van der Waals surface area contributed by atoms with Gasteiger partial charge in [0.25, 0.3) is 0 Å². The first-order valence-corrected chi connectivity index (χ1v) is 7.77. The van der Waals surface area contributed by atoms with E-state index in [1.54, 1.807) is 31.4 Å². The number of halogens is 1. The third-order valence-corrected chi connectivity index (χ3v) is 4.15. The van der Waals surface area contributed by atoms with E-state index < -0.39 is 5.97 Å². The predicted octanol–water partition coefficient (Wildman–Crippen LogP) is 4.88. The van der Waals surface area contributed by atoms with Crippen molar-refractivity contribution < 1.29 is 14.6 Å². The number of carbonyl (C=O) groups is 1. The molecule has 122 valence electrons. The number of rotatable bonds is 3. The smallest absolute Gasteiger partial charge is 0.336 e. The van der Waals surface area contributed by atoms with Gasteiger partial charge in [-0.2, -0.15) is 0 Å². The molecular weight excluding hydrogens is 326 g/mol. The van der Waals surface area contributed by atoms with E-state index in [0.29, 0.717) is 32.9 Å². The van der Waals surface area contributed by atoms with Crippen LogP contribution in [0.5, 0.6) is 5.75 Å². The average molecular weight is 342 g/mol. The van der Waals surface area contributed by atoms with Crippen LogP contribution in [0.3, 0.4) is 0 Å². The van der Waals surface area contributed by atoms with Gasteiger partial charge in [-0.15, -0.1) is 0 Å². The topological polar surface area (TPSA) is 59.4 Å². The van der Waals surface area contributed by atoms with Crippen molar-refractivity contribution in [2.24, 2.45) is 0 Å². The van der Waals surface area contributed by atoms with E-state index in [-0.39, 0.29) is 5.56 Å². The second kappa shape index (κ2) is 6.13. The molecule has 0 aliphatic heterocycles. The van der Waals surface area contributed by atoms with E-state index in [9.17, 15) is 9.90 Å². The monoisotopic (exact) mass is 341 g/mol. The van der Waals surface area contributed by atoms with Gasteiger partial charge in [0, 0.05) is 16.0 Å². The molecule has 0 aliphatic rings. The lowest BCUT2D eigenvalue weighted by Crippen LogP contribution is -2.02. The van der Waals surface area contributed by atoms with Crippen LogP contribution in [0.1, 0.15) is 21.5 Å². The van der Waals surface area contributed by atoms with Gasteiger partial charge in [-0.1, -0.05) is 23.2 Å². The Morgan fingerprint density at radius 1 is 1.17 bits per heavy atom. The van der Waals surface area contributed by atoms with E-state index in [1.165, 1.54) is 0 Å². The lowest BCUT2D eigenvalue weighted by atomic mass is 9.99. The first kappa shape index (κ1) is 16.3. The first-order valence-electron chi connectivity index (χ1n) is 7.40. The standard InChI is InChI=1S/C19H16ClNO3/c1-10-6-11(2)18-13(7-10)14(19(22)23)9-16(21-18)15-8-12(20)4-5-17(15)24-3/h4-9H,1-3H3,(H,22,23). The van der Waals surface area contributed by atoms with E-state index in [0.717, 1.165) is 11.1 Å². The molecule has 0 bridgehead atoms. The second-order valence-corrected chi connectivity index (χ2v) is 6.12. The van der Waals surface area contributed by atoms with Crippen LogP contribution < -0.4 is 4.74 Å². The van der Waals surface area contributed by atoms with Crippen molar-refractivity contribution in [3.63, 3.8) is 0 Å². The Morgan fingerprint density at radius 3 is 2.58 bits per heavy atom. The van der Waals surface area contributed by atoms with Gasteiger partial charge >= 0.3 is 5.97 Å². The quantitative estimate of drug-likeness (QED) is 0.737. The summed E-state index contributed by atoms with van der Waals surface area (Å²) in [5, 5.41) is 10.8. The van der Waals surface area contributed by atoms with Crippen LogP contribution in [0.2, 0.25) is 5.02 Å². The maximum absolute atomic E-state index is 11.8. The maximum Gasteiger partial charge on any atom is 0.336 e. The number of carboxylic acids is 1. The summed E-state index contributed by atoms with van der Waals surface area (Å²) in [4.78, 5) is 16.4. The molecule has 3 rings (SSSR count). The molecule has 4 nitrogen and oxygen atoms in total. The number of methoxy groups -OCH3 is 1. The fraction of sp³-hybridized carbons (Fsp3) is 0.158. The van der Waals surface area contributed by atoms with Gasteiger partial charge in [-0.05, 0) is 49.7 Å². The minimum Gasteiger partial charge on any atom is -0.496 e. The molecule has 0 unspecified atom stereocenters. The molecule has 0 aliphatic carbocycles. The van der Waals surface area contributed by atoms with Gasteiger partial charge in [-0.3, -0.25) is 0 Å². The first-order chi connectivity index (χ1) is 11.4. The van der Waals surface area contributed by atoms with Crippen molar-refractivity contribution in [3.8, 4) is 17.0 Å². The Kier molecular flexibility index (Phi) is 4.16. The number of benzene rings is 2. The molecular formula is C19H16ClNO3. The molecule has 0 fully saturated rings. The van der Waals surface area contributed by atoms with Crippen molar-refractivity contribution >= 4 is 28.5 Å². The number of pyridine rings is 1. The van der Waals surface area contributed by atoms with Crippen LogP contribution in [-0.4, -0.2) is 23.2 Å². The number of carboxylic acid groups (broad SMARTS) is 1. The van der Waals surface area contributed by atoms with Gasteiger partial charge in [0.2, 0.25) is 0 Å². The fourth-order valence-electron chi connectivity index (χ4n) is 2.88. The van der Waals surface area contributed by atoms with Crippen LogP contribution in [-0.2, 0) is 0 Å². The lowest BCUT2D eigenvalue weighted by molar-refractivity contribution is 0.0699. The summed E-state index contributed by atoms with van der Waals surface area (Å²) < 4.78 is 5.37. The normalized spacial score (nSPS) is 10.8. The fourth-order valence-corrected chi connectivity index (χ4v) is 3.05. The zero-order valence-corrected chi connectivity index (χ0v) is 14.3. The van der Waals surface area contributed by atoms with Crippen molar-refractivity contribution in [1.82, 2.24) is 4.98 Å². The lowest BCUT2D eigenvalue weighted by Gasteiger charge is -2.13. The molecule has 1 aromatic heterocycles. The van der Waals surface area contributed by atoms with Crippen molar-refractivity contribution in [2.75, 3.05) is 7.11 Å². The van der Waals surface area contributed by atoms with Crippen LogP contribution in [0, 0.1) is 13.8 Å². The second-order valence-electron chi connectivity index (χ2n) is 5.68. The Balaban J connectivity index is 2.39. The number of ether oxygens (including phenoxy) is 1. The molecule has 1 N–H and O–H groups in total. The highest BCUT2D eigenvalue weighted by atomic mass is 35.5. The zero-order valence-electron chi connectivity index (χ0n) is 13.6. The Morgan fingerprint density at radius 2 is 1.92 bits per heavy atom. The van der Waals surface area contributed by atoms with Gasteiger partial charge in [0.1, 0.15) is 5.75 Å². The molecule has 0 spiro atoms. The predicted molar refractivity (Wildman–Crippen MR) is 95.2 cm³/mol. The van der Waals surface area contributed by atoms with E-state index in [1.807, 2.05) is 26.0 Å². The summed E-state index contributed by atoms with van der Waals surface area (Å²) in [6.07, 6.45) is 0. The Hall–Kier alpha value is -2.59. The zero-order chi connectivity index (χ0) is 17.4. The number of aromatic carboxylic acids is 1. The van der Waals surface area contributed by atoms with E-state index in [2.05, 4.69) is 4.98 Å². The Bertz CT molecular complexity index is 966. The van der Waals surface area contributed by atoms with Crippen molar-refractivity contribution in [1.29, 1.82) is 0 Å². The summed E-state index contributed by atoms with van der Waals surface area (Å²) >= 11 is 6.10. The Labute approximate surface area is 144 Å². The molecule has 1 heterocycles. The number of hydrogen-bond acceptors (Lipinski definition) is 3. The molecule has 3 aromatic rings. The highest BCUT2D eigenvalue weighted by Crippen LogP contribution is 2.34. The van der Waals surface area contributed by atoms with Gasteiger partial charge in [-0.25, -0.2) is 9.78 Å². The molecule has 0 atom stereocenters. The third kappa shape index (κ3) is 2.81. The van der Waals surface area contributed by atoms with Crippen molar-refractivity contribution in [3.05, 3.63) is 58.1 Å². The summed E-state index contributed by atoms with van der Waals surface area (Å²) in [7, 11) is 1.56. The number of hydrogen-bond donors (Lipinski definition) is 1. The number of fused-ring (bicyclic) bond motifs is 1. The van der Waals surface area contributed by atoms with E-state index >= 15 is 0 Å². The molecule has 0 saturated carbocycles. The van der Waals surface area contributed by atoms with Crippen LogP contribution >= 0.6 is 11.6 Å². The number of aryl methyl sites for hydroxylation is 2. The molecule has 5 heteroatoms. The van der Waals surface area contributed by atoms with Gasteiger partial charge in [0.05, 0.1) is 23.9 Å². The molecule has 0 saturated heterocycles. The van der Waals surface area contributed by atoms with Gasteiger partial charge < -0.3 is 9.84 Å². The summed E-state index contributed by atoms with van der Waals surface area (Å²) in [6.45, 7) is 3.86. The van der Waals surface area contributed by atoms with Gasteiger partial charge in [0.15, 0.2) is 0 Å². The average Bonchev–Trinajstić information content (AvgIpc) is 2.53. The number of aromatic nitrogens is 1. The minimum atomic E-state index is -0.991. The summed E-state index contributed by atoms with van der Waals surface area (Å²) in [6, 6.07) is 10.6. The highest BCUT2D eigenvalue weighted by Gasteiger charge is 2.17. The molecule has 24 heavy (non-hydrogen) atoms. The maximum atomic E-state index is 11.8. The van der Waals surface area contributed by atoms with Crippen LogP contribution in [0.4, 0.5) is 0 Å². The minimum absolute atomic E-state index is 0.212.